The van der Waals surface area contributed by atoms with E-state index in [0.717, 1.165) is 0 Å². The van der Waals surface area contributed by atoms with Crippen LogP contribution < -0.4 is 4.72 Å². The summed E-state index contributed by atoms with van der Waals surface area (Å²) in [5.41, 5.74) is 0.425. The second-order valence-corrected chi connectivity index (χ2v) is 8.07. The molecule has 0 spiro atoms. The Bertz CT molecular complexity index is 803. The van der Waals surface area contributed by atoms with Crippen LogP contribution in [-0.2, 0) is 15.8 Å². The van der Waals surface area contributed by atoms with Crippen LogP contribution in [0.2, 0.25) is 25.1 Å². The zero-order chi connectivity index (χ0) is 16.5. The van der Waals surface area contributed by atoms with Crippen molar-refractivity contribution in [2.24, 2.45) is 0 Å². The minimum atomic E-state index is -3.79. The van der Waals surface area contributed by atoms with E-state index < -0.39 is 15.8 Å². The van der Waals surface area contributed by atoms with Gasteiger partial charge in [-0.2, -0.15) is 0 Å². The monoisotopic (exact) mass is 417 g/mol. The first kappa shape index (κ1) is 18.0. The van der Waals surface area contributed by atoms with Gasteiger partial charge in [-0.15, -0.1) is 0 Å². The summed E-state index contributed by atoms with van der Waals surface area (Å²) >= 11 is 29.6. The van der Waals surface area contributed by atoms with Crippen LogP contribution in [0, 0.1) is 0 Å². The Balaban J connectivity index is 2.31. The molecule has 0 heterocycles. The highest BCUT2D eigenvalue weighted by atomic mass is 35.5. The van der Waals surface area contributed by atoms with E-state index in [0.29, 0.717) is 5.56 Å². The van der Waals surface area contributed by atoms with Crippen molar-refractivity contribution in [3.05, 3.63) is 61.0 Å². The van der Waals surface area contributed by atoms with Crippen LogP contribution in [0.1, 0.15) is 5.56 Å². The summed E-state index contributed by atoms with van der Waals surface area (Å²) in [4.78, 5) is 0. The van der Waals surface area contributed by atoms with Crippen molar-refractivity contribution in [2.75, 3.05) is 4.72 Å². The van der Waals surface area contributed by atoms with Crippen LogP contribution in [-0.4, -0.2) is 8.42 Å². The Morgan fingerprint density at radius 1 is 0.818 bits per heavy atom. The fourth-order valence-corrected chi connectivity index (χ4v) is 4.27. The molecular formula is C13H8Cl5NO2S. The second kappa shape index (κ2) is 7.04. The van der Waals surface area contributed by atoms with Crippen LogP contribution in [0.3, 0.4) is 0 Å². The summed E-state index contributed by atoms with van der Waals surface area (Å²) in [6.45, 7) is 0. The molecule has 2 aromatic carbocycles. The molecule has 0 aliphatic carbocycles. The van der Waals surface area contributed by atoms with Gasteiger partial charge in [-0.1, -0.05) is 64.1 Å². The van der Waals surface area contributed by atoms with E-state index >= 15 is 0 Å². The van der Waals surface area contributed by atoms with E-state index in [4.69, 9.17) is 58.0 Å². The first-order chi connectivity index (χ1) is 10.2. The fraction of sp³-hybridized carbons (Fsp3) is 0.0769. The Hall–Kier alpha value is -0.360. The average Bonchev–Trinajstić information content (AvgIpc) is 2.40. The molecule has 0 radical (unpaired) electrons. The maximum absolute atomic E-state index is 12.3. The standard InChI is InChI=1S/C13H8Cl5NO2S/c14-8-2-1-3-9(15)7(8)6-22(20,21)19-13-5-11(17)10(16)4-12(13)18/h1-5,19H,6H2. The van der Waals surface area contributed by atoms with Crippen molar-refractivity contribution in [3.8, 4) is 0 Å². The van der Waals surface area contributed by atoms with E-state index in [1.165, 1.54) is 12.1 Å². The van der Waals surface area contributed by atoms with Gasteiger partial charge in [-0.3, -0.25) is 4.72 Å². The van der Waals surface area contributed by atoms with Crippen LogP contribution in [0.4, 0.5) is 5.69 Å². The van der Waals surface area contributed by atoms with Crippen LogP contribution in [0.15, 0.2) is 30.3 Å². The van der Waals surface area contributed by atoms with Crippen molar-refractivity contribution in [1.29, 1.82) is 0 Å². The molecule has 0 unspecified atom stereocenters. The van der Waals surface area contributed by atoms with E-state index in [1.807, 2.05) is 0 Å². The molecule has 0 aliphatic rings. The molecule has 0 amide bonds. The highest BCUT2D eigenvalue weighted by molar-refractivity contribution is 7.91. The SMILES string of the molecule is O=S(=O)(Cc1c(Cl)cccc1Cl)Nc1cc(Cl)c(Cl)cc1Cl. The molecule has 2 aromatic rings. The number of benzene rings is 2. The molecule has 1 N–H and O–H groups in total. The van der Waals surface area contributed by atoms with Gasteiger partial charge < -0.3 is 0 Å². The van der Waals surface area contributed by atoms with Crippen molar-refractivity contribution in [3.63, 3.8) is 0 Å². The van der Waals surface area contributed by atoms with Gasteiger partial charge in [-0.25, -0.2) is 8.42 Å². The highest BCUT2D eigenvalue weighted by Crippen LogP contribution is 2.33. The molecule has 0 bridgehead atoms. The molecule has 9 heteroatoms. The number of sulfonamides is 1. The minimum Gasteiger partial charge on any atom is -0.282 e. The molecule has 0 atom stereocenters. The van der Waals surface area contributed by atoms with Gasteiger partial charge >= 0.3 is 0 Å². The molecule has 118 valence electrons. The topological polar surface area (TPSA) is 46.2 Å². The van der Waals surface area contributed by atoms with Gasteiger partial charge in [0.25, 0.3) is 0 Å². The number of hydrogen-bond acceptors (Lipinski definition) is 2. The summed E-state index contributed by atoms with van der Waals surface area (Å²) in [6, 6.07) is 7.43. The van der Waals surface area contributed by atoms with Crippen LogP contribution in [0.5, 0.6) is 0 Å². The fourth-order valence-electron chi connectivity index (χ4n) is 1.66. The van der Waals surface area contributed by atoms with Gasteiger partial charge in [-0.05, 0) is 24.3 Å². The lowest BCUT2D eigenvalue weighted by Crippen LogP contribution is -2.16. The van der Waals surface area contributed by atoms with E-state index in [2.05, 4.69) is 4.72 Å². The smallest absolute Gasteiger partial charge is 0.237 e. The molecule has 0 saturated carbocycles. The maximum atomic E-state index is 12.3. The van der Waals surface area contributed by atoms with Crippen molar-refractivity contribution in [1.82, 2.24) is 0 Å². The third-order valence-electron chi connectivity index (χ3n) is 2.67. The van der Waals surface area contributed by atoms with Crippen LogP contribution >= 0.6 is 58.0 Å². The predicted octanol–water partition coefficient (Wildman–Crippen LogP) is 5.90. The molecule has 2 rings (SSSR count). The normalized spacial score (nSPS) is 11.5. The lowest BCUT2D eigenvalue weighted by Gasteiger charge is -2.12. The summed E-state index contributed by atoms with van der Waals surface area (Å²) in [5, 5.41) is 1.06. The molecule has 0 aromatic heterocycles. The molecule has 22 heavy (non-hydrogen) atoms. The van der Waals surface area contributed by atoms with Gasteiger partial charge in [0.15, 0.2) is 0 Å². The van der Waals surface area contributed by atoms with E-state index in [9.17, 15) is 8.42 Å². The van der Waals surface area contributed by atoms with Gasteiger partial charge in [0.1, 0.15) is 0 Å². The summed E-state index contributed by atoms with van der Waals surface area (Å²) in [6.07, 6.45) is 0. The summed E-state index contributed by atoms with van der Waals surface area (Å²) in [7, 11) is -3.79. The van der Waals surface area contributed by atoms with Crippen molar-refractivity contribution >= 4 is 73.7 Å². The third kappa shape index (κ3) is 4.34. The molecule has 0 saturated heterocycles. The molecule has 0 fully saturated rings. The first-order valence-corrected chi connectivity index (χ1v) is 9.32. The summed E-state index contributed by atoms with van der Waals surface area (Å²) in [5.74, 6) is -0.401. The maximum Gasteiger partial charge on any atom is 0.237 e. The number of anilines is 1. The average molecular weight is 420 g/mol. The number of rotatable bonds is 4. The van der Waals surface area contributed by atoms with E-state index in [1.54, 1.807) is 18.2 Å². The lowest BCUT2D eigenvalue weighted by molar-refractivity contribution is 0.600. The minimum absolute atomic E-state index is 0.124. The number of nitrogens with one attached hydrogen (secondary N) is 1. The third-order valence-corrected chi connectivity index (χ3v) is 5.61. The second-order valence-electron chi connectivity index (χ2n) is 4.31. The first-order valence-electron chi connectivity index (χ1n) is 5.77. The van der Waals surface area contributed by atoms with Gasteiger partial charge in [0.2, 0.25) is 10.0 Å². The molecular weight excluding hydrogens is 411 g/mol. The predicted molar refractivity (Wildman–Crippen MR) is 94.2 cm³/mol. The Kier molecular flexibility index (Phi) is 5.75. The Morgan fingerprint density at radius 2 is 1.36 bits per heavy atom. The largest absolute Gasteiger partial charge is 0.282 e. The molecule has 3 nitrogen and oxygen atoms in total. The number of halogens is 5. The number of hydrogen-bond donors (Lipinski definition) is 1. The molecule has 0 aliphatic heterocycles. The van der Waals surface area contributed by atoms with Crippen molar-refractivity contribution < 1.29 is 8.42 Å². The van der Waals surface area contributed by atoms with Gasteiger partial charge in [0, 0.05) is 15.6 Å². The quantitative estimate of drug-likeness (QED) is 0.628. The Labute approximate surface area is 153 Å². The lowest BCUT2D eigenvalue weighted by atomic mass is 10.2. The van der Waals surface area contributed by atoms with Crippen molar-refractivity contribution in [2.45, 2.75) is 5.75 Å². The summed E-state index contributed by atoms with van der Waals surface area (Å²) < 4.78 is 26.9. The zero-order valence-corrected chi connectivity index (χ0v) is 15.3. The zero-order valence-electron chi connectivity index (χ0n) is 10.7. The van der Waals surface area contributed by atoms with E-state index in [-0.39, 0.29) is 30.8 Å². The Morgan fingerprint density at radius 3 is 1.95 bits per heavy atom. The van der Waals surface area contributed by atoms with Gasteiger partial charge in [0.05, 0.1) is 26.5 Å². The van der Waals surface area contributed by atoms with Crippen LogP contribution in [0.25, 0.3) is 0 Å². The highest BCUT2D eigenvalue weighted by Gasteiger charge is 2.18.